The first-order valence-corrected chi connectivity index (χ1v) is 11.1. The fraction of sp³-hybridized carbons (Fsp3) is 0.467. The molecule has 1 aromatic carbocycles. The van der Waals surface area contributed by atoms with Gasteiger partial charge in [0.05, 0.1) is 11.5 Å². The summed E-state index contributed by atoms with van der Waals surface area (Å²) in [6, 6.07) is 6.33. The second kappa shape index (κ2) is 7.34. The van der Waals surface area contributed by atoms with E-state index in [1.165, 1.54) is 10.4 Å². The van der Waals surface area contributed by atoms with Gasteiger partial charge < -0.3 is 0 Å². The van der Waals surface area contributed by atoms with Gasteiger partial charge in [0.1, 0.15) is 0 Å². The maximum Gasteiger partial charge on any atom is 0.236 e. The number of benzene rings is 1. The van der Waals surface area contributed by atoms with Crippen molar-refractivity contribution >= 4 is 37.5 Å². The van der Waals surface area contributed by atoms with E-state index in [1.54, 1.807) is 24.3 Å². The SMILES string of the molecule is CCCN([C@@H]1CCS(=O)(=O)C1)S(=O)(=O)/C=C/c1ccc(Cl)cc1. The molecule has 1 aliphatic heterocycles. The molecule has 0 N–H and O–H groups in total. The third-order valence-electron chi connectivity index (χ3n) is 3.69. The van der Waals surface area contributed by atoms with Gasteiger partial charge in [-0.3, -0.25) is 0 Å². The monoisotopic (exact) mass is 377 g/mol. The molecule has 5 nitrogen and oxygen atoms in total. The molecule has 0 amide bonds. The van der Waals surface area contributed by atoms with E-state index in [0.29, 0.717) is 30.0 Å². The van der Waals surface area contributed by atoms with Crippen LogP contribution in [-0.4, -0.2) is 45.2 Å². The smallest absolute Gasteiger partial charge is 0.229 e. The topological polar surface area (TPSA) is 71.5 Å². The maximum atomic E-state index is 12.6. The van der Waals surface area contributed by atoms with Gasteiger partial charge in [0.2, 0.25) is 10.0 Å². The normalized spacial score (nSPS) is 21.3. The molecule has 1 fully saturated rings. The van der Waals surface area contributed by atoms with Crippen LogP contribution >= 0.6 is 11.6 Å². The van der Waals surface area contributed by atoms with Crippen LogP contribution in [0.4, 0.5) is 0 Å². The molecule has 8 heteroatoms. The van der Waals surface area contributed by atoms with Gasteiger partial charge in [-0.15, -0.1) is 0 Å². The van der Waals surface area contributed by atoms with Crippen molar-refractivity contribution in [1.82, 2.24) is 4.31 Å². The van der Waals surface area contributed by atoms with Gasteiger partial charge in [-0.2, -0.15) is 4.31 Å². The highest BCUT2D eigenvalue weighted by atomic mass is 35.5. The van der Waals surface area contributed by atoms with Crippen molar-refractivity contribution in [3.05, 3.63) is 40.3 Å². The molecule has 1 heterocycles. The van der Waals surface area contributed by atoms with Crippen LogP contribution in [0.3, 0.4) is 0 Å². The number of nitrogens with zero attached hydrogens (tertiary/aromatic N) is 1. The van der Waals surface area contributed by atoms with Crippen LogP contribution in [0.1, 0.15) is 25.3 Å². The van der Waals surface area contributed by atoms with E-state index in [0.717, 1.165) is 5.41 Å². The van der Waals surface area contributed by atoms with Crippen molar-refractivity contribution < 1.29 is 16.8 Å². The zero-order chi connectivity index (χ0) is 17.1. The van der Waals surface area contributed by atoms with Crippen LogP contribution in [-0.2, 0) is 19.9 Å². The van der Waals surface area contributed by atoms with Crippen molar-refractivity contribution in [2.45, 2.75) is 25.8 Å². The Morgan fingerprint density at radius 1 is 1.30 bits per heavy atom. The molecule has 0 radical (unpaired) electrons. The van der Waals surface area contributed by atoms with E-state index >= 15 is 0 Å². The summed E-state index contributed by atoms with van der Waals surface area (Å²) >= 11 is 5.80. The Bertz CT molecular complexity index is 770. The lowest BCUT2D eigenvalue weighted by Gasteiger charge is -2.25. The van der Waals surface area contributed by atoms with Gasteiger partial charge >= 0.3 is 0 Å². The minimum atomic E-state index is -3.67. The van der Waals surface area contributed by atoms with Crippen molar-refractivity contribution in [2.24, 2.45) is 0 Å². The average Bonchev–Trinajstić information content (AvgIpc) is 2.84. The van der Waals surface area contributed by atoms with Crippen LogP contribution in [0, 0.1) is 0 Å². The zero-order valence-electron chi connectivity index (χ0n) is 12.9. The molecule has 1 aromatic rings. The van der Waals surface area contributed by atoms with Gasteiger partial charge in [0, 0.05) is 23.0 Å². The molecule has 0 spiro atoms. The average molecular weight is 378 g/mol. The van der Waals surface area contributed by atoms with Crippen LogP contribution < -0.4 is 0 Å². The summed E-state index contributed by atoms with van der Waals surface area (Å²) in [6.45, 7) is 2.18. The second-order valence-corrected chi connectivity index (χ2v) is 10.0. The molecule has 1 aliphatic rings. The number of sulfonamides is 1. The number of halogens is 1. The van der Waals surface area contributed by atoms with Crippen LogP contribution in [0.2, 0.25) is 5.02 Å². The third-order valence-corrected chi connectivity index (χ3v) is 7.31. The summed E-state index contributed by atoms with van der Waals surface area (Å²) in [5, 5.41) is 1.71. The van der Waals surface area contributed by atoms with E-state index in [4.69, 9.17) is 11.6 Å². The fourth-order valence-corrected chi connectivity index (χ4v) is 6.03. The van der Waals surface area contributed by atoms with E-state index in [9.17, 15) is 16.8 Å². The summed E-state index contributed by atoms with van der Waals surface area (Å²) in [7, 11) is -6.81. The van der Waals surface area contributed by atoms with E-state index in [1.807, 2.05) is 6.92 Å². The molecule has 0 bridgehead atoms. The van der Waals surface area contributed by atoms with Gasteiger partial charge in [0.25, 0.3) is 0 Å². The molecule has 23 heavy (non-hydrogen) atoms. The predicted octanol–water partition coefficient (Wildman–Crippen LogP) is 2.54. The molecule has 0 aliphatic carbocycles. The van der Waals surface area contributed by atoms with Gasteiger partial charge in [0.15, 0.2) is 9.84 Å². The molecular formula is C15H20ClNO4S2. The Balaban J connectivity index is 2.21. The first-order valence-electron chi connectivity index (χ1n) is 7.39. The van der Waals surface area contributed by atoms with Crippen molar-refractivity contribution in [2.75, 3.05) is 18.1 Å². The summed E-state index contributed by atoms with van der Waals surface area (Å²) in [6.07, 6.45) is 2.48. The molecule has 1 saturated heterocycles. The highest BCUT2D eigenvalue weighted by Crippen LogP contribution is 2.22. The first kappa shape index (κ1) is 18.4. The number of hydrogen-bond acceptors (Lipinski definition) is 4. The Morgan fingerprint density at radius 3 is 2.48 bits per heavy atom. The Hall–Kier alpha value is -0.890. The van der Waals surface area contributed by atoms with E-state index < -0.39 is 25.9 Å². The van der Waals surface area contributed by atoms with Gasteiger partial charge in [-0.1, -0.05) is 30.7 Å². The van der Waals surface area contributed by atoms with Crippen LogP contribution in [0.5, 0.6) is 0 Å². The first-order chi connectivity index (χ1) is 10.7. The van der Waals surface area contributed by atoms with E-state index in [2.05, 4.69) is 0 Å². The lowest BCUT2D eigenvalue weighted by Crippen LogP contribution is -2.40. The molecule has 1 atom stereocenters. The standard InChI is InChI=1S/C15H20ClNO4S2/c1-2-9-17(15-8-10-22(18,19)12-15)23(20,21)11-7-13-3-5-14(16)6-4-13/h3-7,11,15H,2,8-10,12H2,1H3/b11-7+/t15-/m1/s1. The Morgan fingerprint density at radius 2 is 1.96 bits per heavy atom. The molecular weight excluding hydrogens is 358 g/mol. The quantitative estimate of drug-likeness (QED) is 0.763. The number of hydrogen-bond donors (Lipinski definition) is 0. The molecule has 0 unspecified atom stereocenters. The minimum Gasteiger partial charge on any atom is -0.229 e. The summed E-state index contributed by atoms with van der Waals surface area (Å²) < 4.78 is 49.7. The summed E-state index contributed by atoms with van der Waals surface area (Å²) in [4.78, 5) is 0. The fourth-order valence-electron chi connectivity index (χ4n) is 2.56. The predicted molar refractivity (Wildman–Crippen MR) is 93.5 cm³/mol. The van der Waals surface area contributed by atoms with Gasteiger partial charge in [-0.05, 0) is 36.6 Å². The zero-order valence-corrected chi connectivity index (χ0v) is 15.2. The summed E-state index contributed by atoms with van der Waals surface area (Å²) in [5.74, 6) is -0.0463. The molecule has 0 saturated carbocycles. The third kappa shape index (κ3) is 5.04. The second-order valence-electron chi connectivity index (χ2n) is 5.57. The van der Waals surface area contributed by atoms with Gasteiger partial charge in [-0.25, -0.2) is 16.8 Å². The minimum absolute atomic E-state index is 0.0499. The maximum absolute atomic E-state index is 12.6. The van der Waals surface area contributed by atoms with Crippen molar-refractivity contribution in [1.29, 1.82) is 0 Å². The van der Waals surface area contributed by atoms with Crippen molar-refractivity contribution in [3.8, 4) is 0 Å². The summed E-state index contributed by atoms with van der Waals surface area (Å²) in [5.41, 5.74) is 0.716. The highest BCUT2D eigenvalue weighted by Gasteiger charge is 2.36. The molecule has 128 valence electrons. The Labute approximate surface area is 142 Å². The number of sulfone groups is 1. The molecule has 2 rings (SSSR count). The Kier molecular flexibility index (Phi) is 5.89. The lowest BCUT2D eigenvalue weighted by atomic mass is 10.2. The lowest BCUT2D eigenvalue weighted by molar-refractivity contribution is 0.345. The number of rotatable bonds is 6. The highest BCUT2D eigenvalue weighted by molar-refractivity contribution is 7.93. The van der Waals surface area contributed by atoms with Crippen molar-refractivity contribution in [3.63, 3.8) is 0 Å². The van der Waals surface area contributed by atoms with Crippen LogP contribution in [0.25, 0.3) is 6.08 Å². The van der Waals surface area contributed by atoms with Crippen LogP contribution in [0.15, 0.2) is 29.7 Å². The van der Waals surface area contributed by atoms with E-state index in [-0.39, 0.29) is 11.5 Å². The largest absolute Gasteiger partial charge is 0.236 e. The molecule has 0 aromatic heterocycles.